The highest BCUT2D eigenvalue weighted by Gasteiger charge is 2.22. The minimum Gasteiger partial charge on any atom is -0.376 e. The van der Waals surface area contributed by atoms with E-state index in [4.69, 9.17) is 4.74 Å². The molecule has 1 saturated carbocycles. The van der Waals surface area contributed by atoms with Gasteiger partial charge in [-0.25, -0.2) is 0 Å². The van der Waals surface area contributed by atoms with Crippen LogP contribution in [0.5, 0.6) is 0 Å². The Morgan fingerprint density at radius 3 is 2.48 bits per heavy atom. The summed E-state index contributed by atoms with van der Waals surface area (Å²) in [5.74, 6) is 0.789. The fourth-order valence-electron chi connectivity index (χ4n) is 3.19. The largest absolute Gasteiger partial charge is 0.376 e. The van der Waals surface area contributed by atoms with Crippen LogP contribution in [0.15, 0.2) is 24.3 Å². The molecule has 1 aliphatic rings. The summed E-state index contributed by atoms with van der Waals surface area (Å²) in [4.78, 5) is 0. The second kappa shape index (κ2) is 8.55. The number of aryl methyl sites for hydroxylation is 1. The van der Waals surface area contributed by atoms with Gasteiger partial charge in [0.25, 0.3) is 0 Å². The third kappa shape index (κ3) is 5.12. The zero-order valence-electron chi connectivity index (χ0n) is 13.9. The number of hydrogen-bond donors (Lipinski definition) is 1. The van der Waals surface area contributed by atoms with Crippen molar-refractivity contribution in [3.8, 4) is 0 Å². The molecule has 0 amide bonds. The summed E-state index contributed by atoms with van der Waals surface area (Å²) in [6.07, 6.45) is 6.85. The predicted molar refractivity (Wildman–Crippen MR) is 89.6 cm³/mol. The Morgan fingerprint density at radius 1 is 1.19 bits per heavy atom. The van der Waals surface area contributed by atoms with E-state index in [1.54, 1.807) is 0 Å². The van der Waals surface area contributed by atoms with Gasteiger partial charge >= 0.3 is 0 Å². The Balaban J connectivity index is 1.94. The lowest BCUT2D eigenvalue weighted by atomic mass is 10.0. The van der Waals surface area contributed by atoms with Gasteiger partial charge < -0.3 is 10.1 Å². The zero-order chi connectivity index (χ0) is 15.1. The summed E-state index contributed by atoms with van der Waals surface area (Å²) in [6.45, 7) is 8.52. The van der Waals surface area contributed by atoms with Crippen molar-refractivity contribution >= 4 is 0 Å². The average molecular weight is 289 g/mol. The molecule has 1 fully saturated rings. The first kappa shape index (κ1) is 16.5. The fourth-order valence-corrected chi connectivity index (χ4v) is 3.19. The maximum atomic E-state index is 6.21. The molecule has 2 heteroatoms. The van der Waals surface area contributed by atoms with Gasteiger partial charge in [-0.3, -0.25) is 0 Å². The Bertz CT molecular complexity index is 395. The summed E-state index contributed by atoms with van der Waals surface area (Å²) in [5.41, 5.74) is 2.65. The Labute approximate surface area is 130 Å². The van der Waals surface area contributed by atoms with Crippen LogP contribution in [0.2, 0.25) is 0 Å². The van der Waals surface area contributed by atoms with Crippen molar-refractivity contribution in [2.75, 3.05) is 13.2 Å². The molecular formula is C19H31NO. The van der Waals surface area contributed by atoms with E-state index in [0.717, 1.165) is 25.5 Å². The van der Waals surface area contributed by atoms with Gasteiger partial charge in [-0.15, -0.1) is 0 Å². The molecule has 2 rings (SSSR count). The lowest BCUT2D eigenvalue weighted by Gasteiger charge is -2.27. The molecule has 2 atom stereocenters. The van der Waals surface area contributed by atoms with E-state index in [1.807, 2.05) is 0 Å². The standard InChI is InChI=1S/C19H31NO/c1-4-13-20-19(18-11-9-15(2)10-12-18)16(3)21-14-17-7-5-6-8-17/h9-12,16-17,19-20H,4-8,13-14H2,1-3H3. The van der Waals surface area contributed by atoms with E-state index in [9.17, 15) is 0 Å². The first-order valence-corrected chi connectivity index (χ1v) is 8.62. The van der Waals surface area contributed by atoms with Crippen molar-refractivity contribution in [3.05, 3.63) is 35.4 Å². The highest BCUT2D eigenvalue weighted by atomic mass is 16.5. The van der Waals surface area contributed by atoms with Gasteiger partial charge in [0.05, 0.1) is 12.1 Å². The van der Waals surface area contributed by atoms with E-state index < -0.39 is 0 Å². The Kier molecular flexibility index (Phi) is 6.72. The third-order valence-electron chi connectivity index (χ3n) is 4.59. The number of rotatable bonds is 8. The molecule has 0 aliphatic heterocycles. The lowest BCUT2D eigenvalue weighted by molar-refractivity contribution is 0.0178. The molecule has 0 saturated heterocycles. The second-order valence-electron chi connectivity index (χ2n) is 6.53. The number of benzene rings is 1. The van der Waals surface area contributed by atoms with Crippen LogP contribution in [0.3, 0.4) is 0 Å². The average Bonchev–Trinajstić information content (AvgIpc) is 3.00. The van der Waals surface area contributed by atoms with E-state index in [0.29, 0.717) is 6.04 Å². The van der Waals surface area contributed by atoms with Crippen LogP contribution < -0.4 is 5.32 Å². The van der Waals surface area contributed by atoms with Crippen molar-refractivity contribution in [3.63, 3.8) is 0 Å². The van der Waals surface area contributed by atoms with E-state index >= 15 is 0 Å². The summed E-state index contributed by atoms with van der Waals surface area (Å²) >= 11 is 0. The molecule has 0 aromatic heterocycles. The highest BCUT2D eigenvalue weighted by Crippen LogP contribution is 2.27. The molecule has 2 nitrogen and oxygen atoms in total. The van der Waals surface area contributed by atoms with Crippen molar-refractivity contribution in [1.82, 2.24) is 5.32 Å². The molecule has 0 spiro atoms. The predicted octanol–water partition coefficient (Wildman–Crippen LogP) is 4.63. The van der Waals surface area contributed by atoms with Crippen LogP contribution in [0.25, 0.3) is 0 Å². The van der Waals surface area contributed by atoms with E-state index in [1.165, 1.54) is 36.8 Å². The summed E-state index contributed by atoms with van der Waals surface area (Å²) in [5, 5.41) is 3.66. The zero-order valence-corrected chi connectivity index (χ0v) is 13.9. The quantitative estimate of drug-likeness (QED) is 0.753. The summed E-state index contributed by atoms with van der Waals surface area (Å²) < 4.78 is 6.21. The van der Waals surface area contributed by atoms with Gasteiger partial charge in [0.1, 0.15) is 0 Å². The number of ether oxygens (including phenoxy) is 1. The Morgan fingerprint density at radius 2 is 1.86 bits per heavy atom. The molecule has 0 bridgehead atoms. The molecule has 1 aromatic rings. The number of nitrogens with one attached hydrogen (secondary N) is 1. The maximum Gasteiger partial charge on any atom is 0.0741 e. The number of hydrogen-bond acceptors (Lipinski definition) is 2. The third-order valence-corrected chi connectivity index (χ3v) is 4.59. The molecule has 1 aromatic carbocycles. The first-order valence-electron chi connectivity index (χ1n) is 8.62. The Hall–Kier alpha value is -0.860. The second-order valence-corrected chi connectivity index (χ2v) is 6.53. The van der Waals surface area contributed by atoms with Gasteiger partial charge in [-0.2, -0.15) is 0 Å². The van der Waals surface area contributed by atoms with Crippen LogP contribution in [0.4, 0.5) is 0 Å². The molecule has 21 heavy (non-hydrogen) atoms. The SMILES string of the molecule is CCCNC(c1ccc(C)cc1)C(C)OCC1CCCC1. The molecule has 1 N–H and O–H groups in total. The minimum atomic E-state index is 0.222. The molecule has 118 valence electrons. The van der Waals surface area contributed by atoms with Gasteiger partial charge in [0.2, 0.25) is 0 Å². The fraction of sp³-hybridized carbons (Fsp3) is 0.684. The monoisotopic (exact) mass is 289 g/mol. The lowest BCUT2D eigenvalue weighted by Crippen LogP contribution is -2.33. The van der Waals surface area contributed by atoms with Gasteiger partial charge in [0.15, 0.2) is 0 Å². The molecule has 0 radical (unpaired) electrons. The van der Waals surface area contributed by atoms with Gasteiger partial charge in [0, 0.05) is 6.61 Å². The van der Waals surface area contributed by atoms with Gasteiger partial charge in [-0.05, 0) is 51.1 Å². The smallest absolute Gasteiger partial charge is 0.0741 e. The van der Waals surface area contributed by atoms with E-state index in [-0.39, 0.29) is 6.10 Å². The maximum absolute atomic E-state index is 6.21. The van der Waals surface area contributed by atoms with Crippen LogP contribution in [0, 0.1) is 12.8 Å². The molecule has 0 heterocycles. The van der Waals surface area contributed by atoms with Gasteiger partial charge in [-0.1, -0.05) is 49.6 Å². The van der Waals surface area contributed by atoms with Crippen LogP contribution >= 0.6 is 0 Å². The van der Waals surface area contributed by atoms with Crippen molar-refractivity contribution in [1.29, 1.82) is 0 Å². The van der Waals surface area contributed by atoms with E-state index in [2.05, 4.69) is 50.4 Å². The highest BCUT2D eigenvalue weighted by molar-refractivity contribution is 5.24. The molecular weight excluding hydrogens is 258 g/mol. The minimum absolute atomic E-state index is 0.222. The summed E-state index contributed by atoms with van der Waals surface area (Å²) in [6, 6.07) is 9.15. The first-order chi connectivity index (χ1) is 10.2. The normalized spacial score (nSPS) is 18.8. The molecule has 2 unspecified atom stereocenters. The van der Waals surface area contributed by atoms with Crippen molar-refractivity contribution in [2.24, 2.45) is 5.92 Å². The van der Waals surface area contributed by atoms with Crippen molar-refractivity contribution in [2.45, 2.75) is 65.0 Å². The van der Waals surface area contributed by atoms with Crippen LogP contribution in [0.1, 0.15) is 63.1 Å². The van der Waals surface area contributed by atoms with Crippen molar-refractivity contribution < 1.29 is 4.74 Å². The topological polar surface area (TPSA) is 21.3 Å². The summed E-state index contributed by atoms with van der Waals surface area (Å²) in [7, 11) is 0. The molecule has 1 aliphatic carbocycles. The van der Waals surface area contributed by atoms with Crippen LogP contribution in [-0.4, -0.2) is 19.3 Å². The van der Waals surface area contributed by atoms with Crippen LogP contribution in [-0.2, 0) is 4.74 Å².